The quantitative estimate of drug-likeness (QED) is 0.760. The maximum absolute atomic E-state index is 12.5. The van der Waals surface area contributed by atoms with Gasteiger partial charge in [-0.2, -0.15) is 13.2 Å². The van der Waals surface area contributed by atoms with Crippen LogP contribution in [0.4, 0.5) is 13.2 Å². The Balaban J connectivity index is 2.45. The standard InChI is InChI=1S/C12H9F3N2/c1-8-6-9(10-4-2-3-5-16-10)7-17-11(8)12(13,14)15/h2-7H,1H3. The van der Waals surface area contributed by atoms with Crippen molar-refractivity contribution in [1.82, 2.24) is 9.97 Å². The first-order valence-corrected chi connectivity index (χ1v) is 4.94. The van der Waals surface area contributed by atoms with Crippen molar-refractivity contribution in [2.45, 2.75) is 13.1 Å². The van der Waals surface area contributed by atoms with Crippen LogP contribution in [0.5, 0.6) is 0 Å². The third-order valence-corrected chi connectivity index (χ3v) is 2.31. The molecule has 2 nitrogen and oxygen atoms in total. The van der Waals surface area contributed by atoms with Gasteiger partial charge in [-0.3, -0.25) is 9.97 Å². The first kappa shape index (κ1) is 11.6. The minimum atomic E-state index is -4.41. The molecule has 0 unspecified atom stereocenters. The zero-order chi connectivity index (χ0) is 12.5. The van der Waals surface area contributed by atoms with Crippen LogP contribution in [-0.4, -0.2) is 9.97 Å². The molecule has 2 aromatic heterocycles. The second kappa shape index (κ2) is 4.16. The van der Waals surface area contributed by atoms with Crippen molar-refractivity contribution in [3.05, 3.63) is 47.9 Å². The molecule has 2 heterocycles. The fourth-order valence-corrected chi connectivity index (χ4v) is 1.55. The minimum Gasteiger partial charge on any atom is -0.256 e. The zero-order valence-electron chi connectivity index (χ0n) is 8.99. The van der Waals surface area contributed by atoms with E-state index in [1.54, 1.807) is 24.4 Å². The molecule has 0 amide bonds. The molecule has 17 heavy (non-hydrogen) atoms. The highest BCUT2D eigenvalue weighted by Crippen LogP contribution is 2.31. The smallest absolute Gasteiger partial charge is 0.256 e. The molecule has 0 atom stereocenters. The average Bonchev–Trinajstić information content (AvgIpc) is 2.28. The van der Waals surface area contributed by atoms with E-state index < -0.39 is 11.9 Å². The van der Waals surface area contributed by atoms with Gasteiger partial charge in [0.05, 0.1) is 5.69 Å². The van der Waals surface area contributed by atoms with Crippen LogP contribution in [0.3, 0.4) is 0 Å². The number of halogens is 3. The van der Waals surface area contributed by atoms with Gasteiger partial charge < -0.3 is 0 Å². The van der Waals surface area contributed by atoms with Gasteiger partial charge in [0.2, 0.25) is 0 Å². The second-order valence-electron chi connectivity index (χ2n) is 3.60. The monoisotopic (exact) mass is 238 g/mol. The molecule has 0 aliphatic heterocycles. The topological polar surface area (TPSA) is 25.8 Å². The fraction of sp³-hybridized carbons (Fsp3) is 0.167. The van der Waals surface area contributed by atoms with E-state index in [4.69, 9.17) is 0 Å². The zero-order valence-corrected chi connectivity index (χ0v) is 8.99. The van der Waals surface area contributed by atoms with E-state index in [1.165, 1.54) is 19.2 Å². The van der Waals surface area contributed by atoms with E-state index in [0.717, 1.165) is 0 Å². The van der Waals surface area contributed by atoms with Crippen molar-refractivity contribution in [2.75, 3.05) is 0 Å². The van der Waals surface area contributed by atoms with Crippen LogP contribution < -0.4 is 0 Å². The van der Waals surface area contributed by atoms with Crippen LogP contribution in [0.2, 0.25) is 0 Å². The van der Waals surface area contributed by atoms with E-state index in [-0.39, 0.29) is 5.56 Å². The molecule has 0 saturated carbocycles. The highest BCUT2D eigenvalue weighted by atomic mass is 19.4. The van der Waals surface area contributed by atoms with Crippen molar-refractivity contribution in [2.24, 2.45) is 0 Å². The third kappa shape index (κ3) is 2.43. The molecule has 0 bridgehead atoms. The molecule has 0 aliphatic rings. The normalized spacial score (nSPS) is 11.5. The van der Waals surface area contributed by atoms with Crippen LogP contribution in [0.1, 0.15) is 11.3 Å². The summed E-state index contributed by atoms with van der Waals surface area (Å²) >= 11 is 0. The van der Waals surface area contributed by atoms with Gasteiger partial charge in [0.25, 0.3) is 0 Å². The molecule has 2 aromatic rings. The minimum absolute atomic E-state index is 0.0978. The molecule has 0 aromatic carbocycles. The summed E-state index contributed by atoms with van der Waals surface area (Å²) in [5.41, 5.74) is 0.436. The Morgan fingerprint density at radius 1 is 1.12 bits per heavy atom. The van der Waals surface area contributed by atoms with Crippen molar-refractivity contribution in [3.8, 4) is 11.3 Å². The van der Waals surface area contributed by atoms with Crippen molar-refractivity contribution in [1.29, 1.82) is 0 Å². The number of aryl methyl sites for hydroxylation is 1. The molecule has 5 heteroatoms. The van der Waals surface area contributed by atoms with Gasteiger partial charge in [0.15, 0.2) is 0 Å². The summed E-state index contributed by atoms with van der Waals surface area (Å²) in [6.45, 7) is 1.39. The number of rotatable bonds is 1. The third-order valence-electron chi connectivity index (χ3n) is 2.31. The first-order valence-electron chi connectivity index (χ1n) is 4.94. The van der Waals surface area contributed by atoms with Crippen LogP contribution in [0, 0.1) is 6.92 Å². The highest BCUT2D eigenvalue weighted by Gasteiger charge is 2.34. The lowest BCUT2D eigenvalue weighted by atomic mass is 10.1. The van der Waals surface area contributed by atoms with Gasteiger partial charge in [-0.05, 0) is 30.7 Å². The number of aromatic nitrogens is 2. The second-order valence-corrected chi connectivity index (χ2v) is 3.60. The molecule has 2 rings (SSSR count). The first-order chi connectivity index (χ1) is 7.98. The predicted molar refractivity (Wildman–Crippen MR) is 57.2 cm³/mol. The Bertz CT molecular complexity index is 521. The number of hydrogen-bond donors (Lipinski definition) is 0. The summed E-state index contributed by atoms with van der Waals surface area (Å²) in [4.78, 5) is 7.52. The van der Waals surface area contributed by atoms with E-state index in [1.807, 2.05) is 0 Å². The Labute approximate surface area is 96.2 Å². The number of alkyl halides is 3. The lowest BCUT2D eigenvalue weighted by Crippen LogP contribution is -2.10. The summed E-state index contributed by atoms with van der Waals surface area (Å²) in [7, 11) is 0. The molecule has 0 radical (unpaired) electrons. The number of hydrogen-bond acceptors (Lipinski definition) is 2. The molecular formula is C12H9F3N2. The van der Waals surface area contributed by atoms with Crippen molar-refractivity contribution in [3.63, 3.8) is 0 Å². The molecule has 0 spiro atoms. The van der Waals surface area contributed by atoms with Gasteiger partial charge >= 0.3 is 6.18 Å². The summed E-state index contributed by atoms with van der Waals surface area (Å²) < 4.78 is 37.5. The summed E-state index contributed by atoms with van der Waals surface area (Å²) in [5.74, 6) is 0. The molecule has 0 saturated heterocycles. The van der Waals surface area contributed by atoms with Crippen molar-refractivity contribution < 1.29 is 13.2 Å². The van der Waals surface area contributed by atoms with Gasteiger partial charge in [0.1, 0.15) is 5.69 Å². The van der Waals surface area contributed by atoms with Gasteiger partial charge in [-0.1, -0.05) is 6.07 Å². The molecule has 0 fully saturated rings. The summed E-state index contributed by atoms with van der Waals surface area (Å²) in [6, 6.07) is 6.69. The maximum atomic E-state index is 12.5. The van der Waals surface area contributed by atoms with Gasteiger partial charge in [-0.15, -0.1) is 0 Å². The Hall–Kier alpha value is -1.91. The molecule has 0 aliphatic carbocycles. The molecule has 88 valence electrons. The van der Waals surface area contributed by atoms with E-state index in [0.29, 0.717) is 11.3 Å². The Morgan fingerprint density at radius 3 is 2.41 bits per heavy atom. The Morgan fingerprint density at radius 2 is 1.88 bits per heavy atom. The molecular weight excluding hydrogens is 229 g/mol. The Kier molecular flexibility index (Phi) is 2.83. The number of nitrogens with zero attached hydrogens (tertiary/aromatic N) is 2. The van der Waals surface area contributed by atoms with Crippen LogP contribution in [0.25, 0.3) is 11.3 Å². The SMILES string of the molecule is Cc1cc(-c2ccccn2)cnc1C(F)(F)F. The van der Waals surface area contributed by atoms with Crippen molar-refractivity contribution >= 4 is 0 Å². The van der Waals surface area contributed by atoms with E-state index in [2.05, 4.69) is 9.97 Å². The van der Waals surface area contributed by atoms with Gasteiger partial charge in [-0.25, -0.2) is 0 Å². The maximum Gasteiger partial charge on any atom is 0.433 e. The highest BCUT2D eigenvalue weighted by molar-refractivity contribution is 5.58. The van der Waals surface area contributed by atoms with Crippen LogP contribution in [-0.2, 0) is 6.18 Å². The van der Waals surface area contributed by atoms with E-state index in [9.17, 15) is 13.2 Å². The van der Waals surface area contributed by atoms with Gasteiger partial charge in [0, 0.05) is 18.0 Å². The van der Waals surface area contributed by atoms with E-state index >= 15 is 0 Å². The van der Waals surface area contributed by atoms with Crippen LogP contribution in [0.15, 0.2) is 36.7 Å². The summed E-state index contributed by atoms with van der Waals surface area (Å²) in [6.07, 6.45) is -1.63. The lowest BCUT2D eigenvalue weighted by Gasteiger charge is -2.10. The average molecular weight is 238 g/mol. The fourth-order valence-electron chi connectivity index (χ4n) is 1.55. The molecule has 0 N–H and O–H groups in total. The largest absolute Gasteiger partial charge is 0.433 e. The number of pyridine rings is 2. The summed E-state index contributed by atoms with van der Waals surface area (Å²) in [5, 5.41) is 0. The van der Waals surface area contributed by atoms with Crippen LogP contribution >= 0.6 is 0 Å². The lowest BCUT2D eigenvalue weighted by molar-refractivity contribution is -0.141. The predicted octanol–water partition coefficient (Wildman–Crippen LogP) is 3.47.